The number of nitrogens with zero attached hydrogens (tertiary/aromatic N) is 2. The van der Waals surface area contributed by atoms with Gasteiger partial charge in [0.15, 0.2) is 0 Å². The van der Waals surface area contributed by atoms with Gasteiger partial charge in [-0.3, -0.25) is 4.68 Å². The molecule has 2 unspecified atom stereocenters. The molecular weight excluding hydrogens is 250 g/mol. The molecule has 1 aliphatic carbocycles. The summed E-state index contributed by atoms with van der Waals surface area (Å²) in [4.78, 5) is 0. The third-order valence-electron chi connectivity index (χ3n) is 4.21. The molecule has 0 aliphatic heterocycles. The Hall–Kier alpha value is -1.81. The molecule has 0 fully saturated rings. The number of aryl methyl sites for hydroxylation is 2. The van der Waals surface area contributed by atoms with Crippen LogP contribution in [0.4, 0.5) is 0 Å². The summed E-state index contributed by atoms with van der Waals surface area (Å²) in [5.74, 6) is 0.895. The fraction of sp³-hybridized carbons (Fsp3) is 0.438. The van der Waals surface area contributed by atoms with Crippen molar-refractivity contribution in [1.29, 1.82) is 0 Å². The maximum absolute atomic E-state index is 10.2. The van der Waals surface area contributed by atoms with Crippen molar-refractivity contribution in [3.8, 4) is 5.75 Å². The second-order valence-electron chi connectivity index (χ2n) is 5.78. The zero-order valence-electron chi connectivity index (χ0n) is 12.2. The number of phenols is 1. The number of aromatic nitrogens is 2. The molecule has 0 saturated carbocycles. The monoisotopic (exact) mass is 271 g/mol. The molecule has 3 rings (SSSR count). The van der Waals surface area contributed by atoms with Crippen LogP contribution in [0.15, 0.2) is 24.4 Å². The molecular formula is C16H21N3O. The van der Waals surface area contributed by atoms with Crippen LogP contribution in [0, 0.1) is 6.92 Å². The largest absolute Gasteiger partial charge is 0.508 e. The predicted octanol–water partition coefficient (Wildman–Crippen LogP) is 2.77. The number of fused-ring (bicyclic) bond motifs is 1. The highest BCUT2D eigenvalue weighted by atomic mass is 16.3. The molecule has 0 spiro atoms. The van der Waals surface area contributed by atoms with Crippen LogP contribution in [0.5, 0.6) is 5.75 Å². The Morgan fingerprint density at radius 1 is 1.35 bits per heavy atom. The summed E-state index contributed by atoms with van der Waals surface area (Å²) in [6, 6.07) is 6.04. The van der Waals surface area contributed by atoms with Crippen LogP contribution in [0.25, 0.3) is 0 Å². The van der Waals surface area contributed by atoms with Crippen molar-refractivity contribution < 1.29 is 5.11 Å². The highest BCUT2D eigenvalue weighted by Gasteiger charge is 2.31. The van der Waals surface area contributed by atoms with Gasteiger partial charge in [-0.1, -0.05) is 13.0 Å². The quantitative estimate of drug-likeness (QED) is 0.902. The number of hydrogen-bond acceptors (Lipinski definition) is 3. The second kappa shape index (κ2) is 4.94. The Bertz CT molecular complexity index is 633. The molecule has 106 valence electrons. The van der Waals surface area contributed by atoms with E-state index in [4.69, 9.17) is 0 Å². The van der Waals surface area contributed by atoms with Gasteiger partial charge >= 0.3 is 0 Å². The summed E-state index contributed by atoms with van der Waals surface area (Å²) < 4.78 is 1.81. The predicted molar refractivity (Wildman–Crippen MR) is 78.7 cm³/mol. The molecule has 20 heavy (non-hydrogen) atoms. The molecule has 1 aromatic carbocycles. The van der Waals surface area contributed by atoms with Gasteiger partial charge in [0.2, 0.25) is 0 Å². The first-order chi connectivity index (χ1) is 9.56. The van der Waals surface area contributed by atoms with Crippen molar-refractivity contribution in [2.75, 3.05) is 0 Å². The Morgan fingerprint density at radius 2 is 2.15 bits per heavy atom. The van der Waals surface area contributed by atoms with Crippen LogP contribution in [-0.4, -0.2) is 14.9 Å². The number of phenolic OH excluding ortho intramolecular Hbond substituents is 1. The first kappa shape index (κ1) is 13.2. The topological polar surface area (TPSA) is 50.1 Å². The van der Waals surface area contributed by atoms with E-state index < -0.39 is 0 Å². The molecule has 2 N–H and O–H groups in total. The van der Waals surface area contributed by atoms with Crippen LogP contribution in [0.2, 0.25) is 0 Å². The lowest BCUT2D eigenvalue weighted by Crippen LogP contribution is -2.19. The maximum Gasteiger partial charge on any atom is 0.120 e. The van der Waals surface area contributed by atoms with Crippen molar-refractivity contribution in [2.24, 2.45) is 7.05 Å². The Labute approximate surface area is 119 Å². The van der Waals surface area contributed by atoms with Gasteiger partial charge in [0.25, 0.3) is 0 Å². The summed E-state index contributed by atoms with van der Waals surface area (Å²) in [6.45, 7) is 5.08. The van der Waals surface area contributed by atoms with Gasteiger partial charge in [0, 0.05) is 31.4 Å². The van der Waals surface area contributed by atoms with Crippen molar-refractivity contribution >= 4 is 0 Å². The van der Waals surface area contributed by atoms with E-state index in [9.17, 15) is 5.11 Å². The summed E-state index contributed by atoms with van der Waals surface area (Å²) in [5.41, 5.74) is 4.69. The second-order valence-corrected chi connectivity index (χ2v) is 5.78. The van der Waals surface area contributed by atoms with Crippen LogP contribution >= 0.6 is 0 Å². The first-order valence-corrected chi connectivity index (χ1v) is 7.10. The average molecular weight is 271 g/mol. The molecule has 0 radical (unpaired) electrons. The number of benzene rings is 1. The Balaban J connectivity index is 1.82. The molecule has 1 aliphatic rings. The highest BCUT2D eigenvalue weighted by molar-refractivity contribution is 5.50. The van der Waals surface area contributed by atoms with Gasteiger partial charge in [0.1, 0.15) is 5.75 Å². The van der Waals surface area contributed by atoms with Gasteiger partial charge < -0.3 is 10.4 Å². The van der Waals surface area contributed by atoms with Gasteiger partial charge in [-0.15, -0.1) is 0 Å². The molecule has 4 heteroatoms. The Morgan fingerprint density at radius 3 is 2.85 bits per heavy atom. The zero-order chi connectivity index (χ0) is 14.3. The zero-order valence-corrected chi connectivity index (χ0v) is 12.2. The summed E-state index contributed by atoms with van der Waals surface area (Å²) in [5, 5.41) is 18.1. The highest BCUT2D eigenvalue weighted by Crippen LogP contribution is 2.45. The Kier molecular flexibility index (Phi) is 3.26. The van der Waals surface area contributed by atoms with Crippen LogP contribution < -0.4 is 5.32 Å². The van der Waals surface area contributed by atoms with E-state index in [0.29, 0.717) is 11.7 Å². The van der Waals surface area contributed by atoms with E-state index >= 15 is 0 Å². The van der Waals surface area contributed by atoms with E-state index in [1.807, 2.05) is 36.1 Å². The van der Waals surface area contributed by atoms with Gasteiger partial charge in [-0.25, -0.2) is 0 Å². The van der Waals surface area contributed by atoms with Crippen LogP contribution in [0.1, 0.15) is 47.7 Å². The third-order valence-corrected chi connectivity index (χ3v) is 4.21. The third kappa shape index (κ3) is 2.20. The number of nitrogens with one attached hydrogen (secondary N) is 1. The van der Waals surface area contributed by atoms with Crippen molar-refractivity contribution in [3.05, 3.63) is 46.8 Å². The van der Waals surface area contributed by atoms with Crippen molar-refractivity contribution in [2.45, 2.75) is 38.8 Å². The minimum Gasteiger partial charge on any atom is -0.508 e. The molecule has 1 aromatic heterocycles. The minimum absolute atomic E-state index is 0.210. The first-order valence-electron chi connectivity index (χ1n) is 7.10. The van der Waals surface area contributed by atoms with Gasteiger partial charge in [-0.05, 0) is 42.5 Å². The average Bonchev–Trinajstić information content (AvgIpc) is 2.96. The van der Waals surface area contributed by atoms with Gasteiger partial charge in [-0.2, -0.15) is 5.10 Å². The van der Waals surface area contributed by atoms with Crippen molar-refractivity contribution in [3.63, 3.8) is 0 Å². The molecule has 0 saturated heterocycles. The molecule has 2 atom stereocenters. The fourth-order valence-electron chi connectivity index (χ4n) is 3.31. The van der Waals surface area contributed by atoms with E-state index in [1.165, 1.54) is 11.1 Å². The lowest BCUT2D eigenvalue weighted by Gasteiger charge is -2.15. The summed E-state index contributed by atoms with van der Waals surface area (Å²) in [7, 11) is 1.92. The molecule has 0 amide bonds. The minimum atomic E-state index is 0.210. The molecule has 2 aromatic rings. The van der Waals surface area contributed by atoms with Crippen LogP contribution in [-0.2, 0) is 13.6 Å². The molecule has 1 heterocycles. The van der Waals surface area contributed by atoms with Gasteiger partial charge in [0.05, 0.1) is 5.69 Å². The SMILES string of the molecule is Cc1ccc(O)c2c1C(C)CC2NCc1ccn(C)n1. The standard InChI is InChI=1S/C16H21N3O/c1-10-4-5-14(20)16-13(8-11(2)15(10)16)17-9-12-6-7-19(3)18-12/h4-7,11,13,17,20H,8-9H2,1-3H3. The lowest BCUT2D eigenvalue weighted by atomic mass is 9.97. The molecule has 4 nitrogen and oxygen atoms in total. The van der Waals surface area contributed by atoms with E-state index in [-0.39, 0.29) is 6.04 Å². The number of aromatic hydroxyl groups is 1. The van der Waals surface area contributed by atoms with E-state index in [0.717, 1.165) is 24.2 Å². The van der Waals surface area contributed by atoms with Crippen molar-refractivity contribution in [1.82, 2.24) is 15.1 Å². The van der Waals surface area contributed by atoms with Crippen LogP contribution in [0.3, 0.4) is 0 Å². The molecule has 0 bridgehead atoms. The number of hydrogen-bond donors (Lipinski definition) is 2. The maximum atomic E-state index is 10.2. The summed E-state index contributed by atoms with van der Waals surface area (Å²) in [6.07, 6.45) is 2.98. The summed E-state index contributed by atoms with van der Waals surface area (Å²) >= 11 is 0. The lowest BCUT2D eigenvalue weighted by molar-refractivity contribution is 0.443. The normalized spacial score (nSPS) is 21.1. The number of rotatable bonds is 3. The fourth-order valence-corrected chi connectivity index (χ4v) is 3.31. The smallest absolute Gasteiger partial charge is 0.120 e. The van der Waals surface area contributed by atoms with E-state index in [2.05, 4.69) is 24.3 Å². The van der Waals surface area contributed by atoms with E-state index in [1.54, 1.807) is 0 Å².